The van der Waals surface area contributed by atoms with Crippen molar-refractivity contribution >= 4 is 10.0 Å². The number of aromatic amines is 1. The highest BCUT2D eigenvalue weighted by Crippen LogP contribution is 2.29. The number of sulfonamides is 1. The van der Waals surface area contributed by atoms with E-state index >= 15 is 0 Å². The lowest BCUT2D eigenvalue weighted by molar-refractivity contribution is 0.269. The van der Waals surface area contributed by atoms with Crippen LogP contribution in [0.2, 0.25) is 0 Å². The first-order valence-electron chi connectivity index (χ1n) is 10.4. The molecular weight excluding hydrogens is 416 g/mol. The number of nitrogens with zero attached hydrogens (tertiary/aromatic N) is 5. The highest BCUT2D eigenvalue weighted by atomic mass is 32.2. The number of piperidine rings is 1. The lowest BCUT2D eigenvalue weighted by Crippen LogP contribution is -2.39. The smallest absolute Gasteiger partial charge is 0.271 e. The SMILES string of the molecule is Cc1ccccc1-n1c(CC2CCN(S(=O)(=O)c3c(C)nn(C)c3C)CC2)n[nH]c1=O. The Bertz CT molecular complexity index is 1260. The topological polar surface area (TPSA) is 106 Å². The van der Waals surface area contributed by atoms with E-state index in [0.717, 1.165) is 11.3 Å². The maximum atomic E-state index is 13.2. The minimum absolute atomic E-state index is 0.250. The van der Waals surface area contributed by atoms with Crippen molar-refractivity contribution in [3.63, 3.8) is 0 Å². The Morgan fingerprint density at radius 3 is 2.42 bits per heavy atom. The van der Waals surface area contributed by atoms with Gasteiger partial charge in [-0.1, -0.05) is 18.2 Å². The summed E-state index contributed by atoms with van der Waals surface area (Å²) in [5.41, 5.74) is 2.74. The Balaban J connectivity index is 1.50. The molecule has 0 aliphatic carbocycles. The van der Waals surface area contributed by atoms with Crippen molar-refractivity contribution in [3.05, 3.63) is 57.5 Å². The van der Waals surface area contributed by atoms with E-state index in [2.05, 4.69) is 15.3 Å². The molecule has 0 bridgehead atoms. The van der Waals surface area contributed by atoms with Crippen molar-refractivity contribution in [2.45, 2.75) is 44.9 Å². The van der Waals surface area contributed by atoms with Crippen molar-refractivity contribution in [2.75, 3.05) is 13.1 Å². The van der Waals surface area contributed by atoms with Crippen LogP contribution in [0.4, 0.5) is 0 Å². The van der Waals surface area contributed by atoms with Crippen LogP contribution in [0, 0.1) is 26.7 Å². The van der Waals surface area contributed by atoms with Gasteiger partial charge in [0.15, 0.2) is 0 Å². The third-order valence-electron chi connectivity index (χ3n) is 6.18. The van der Waals surface area contributed by atoms with Gasteiger partial charge >= 0.3 is 5.69 Å². The van der Waals surface area contributed by atoms with Crippen LogP contribution in [0.3, 0.4) is 0 Å². The van der Waals surface area contributed by atoms with Crippen LogP contribution in [-0.4, -0.2) is 50.4 Å². The lowest BCUT2D eigenvalue weighted by Gasteiger charge is -2.31. The molecule has 9 nitrogen and oxygen atoms in total. The van der Waals surface area contributed by atoms with E-state index in [9.17, 15) is 13.2 Å². The molecule has 0 atom stereocenters. The molecule has 166 valence electrons. The Labute approximate surface area is 181 Å². The summed E-state index contributed by atoms with van der Waals surface area (Å²) in [5, 5.41) is 11.1. The average molecular weight is 445 g/mol. The van der Waals surface area contributed by atoms with Gasteiger partial charge in [-0.05, 0) is 51.2 Å². The summed E-state index contributed by atoms with van der Waals surface area (Å²) in [6.07, 6.45) is 2.05. The summed E-state index contributed by atoms with van der Waals surface area (Å²) in [5.74, 6) is 0.931. The van der Waals surface area contributed by atoms with Gasteiger partial charge in [-0.15, -0.1) is 0 Å². The van der Waals surface area contributed by atoms with E-state index in [-0.39, 0.29) is 11.6 Å². The number of H-pyrrole nitrogens is 1. The first-order valence-corrected chi connectivity index (χ1v) is 11.9. The molecule has 2 aromatic heterocycles. The van der Waals surface area contributed by atoms with Crippen LogP contribution >= 0.6 is 0 Å². The zero-order valence-corrected chi connectivity index (χ0v) is 19.1. The first kappa shape index (κ1) is 21.5. The van der Waals surface area contributed by atoms with Crippen LogP contribution < -0.4 is 5.69 Å². The highest BCUT2D eigenvalue weighted by Gasteiger charge is 2.34. The number of benzene rings is 1. The fourth-order valence-corrected chi connectivity index (χ4v) is 6.27. The Morgan fingerprint density at radius 1 is 1.13 bits per heavy atom. The molecule has 0 saturated carbocycles. The number of nitrogens with one attached hydrogen (secondary N) is 1. The van der Waals surface area contributed by atoms with E-state index < -0.39 is 10.0 Å². The molecule has 10 heteroatoms. The summed E-state index contributed by atoms with van der Waals surface area (Å²) in [6.45, 7) is 6.36. The van der Waals surface area contributed by atoms with Crippen molar-refractivity contribution in [1.82, 2.24) is 28.9 Å². The van der Waals surface area contributed by atoms with E-state index in [1.165, 1.54) is 0 Å². The van der Waals surface area contributed by atoms with Crippen molar-refractivity contribution in [3.8, 4) is 5.69 Å². The van der Waals surface area contributed by atoms with Gasteiger partial charge in [-0.25, -0.2) is 22.9 Å². The minimum atomic E-state index is -3.58. The van der Waals surface area contributed by atoms with Gasteiger partial charge in [-0.3, -0.25) is 4.68 Å². The van der Waals surface area contributed by atoms with Crippen LogP contribution in [0.1, 0.15) is 35.6 Å². The van der Waals surface area contributed by atoms with Crippen LogP contribution in [-0.2, 0) is 23.5 Å². The number of hydrogen-bond donors (Lipinski definition) is 1. The molecule has 3 heterocycles. The van der Waals surface area contributed by atoms with Gasteiger partial charge in [0.2, 0.25) is 10.0 Å². The molecule has 3 aromatic rings. The fraction of sp³-hybridized carbons (Fsp3) is 0.476. The van der Waals surface area contributed by atoms with Gasteiger partial charge in [0.1, 0.15) is 10.7 Å². The highest BCUT2D eigenvalue weighted by molar-refractivity contribution is 7.89. The van der Waals surface area contributed by atoms with Gasteiger partial charge in [0.25, 0.3) is 0 Å². The fourth-order valence-electron chi connectivity index (χ4n) is 4.40. The molecule has 1 N–H and O–H groups in total. The Hall–Kier alpha value is -2.72. The van der Waals surface area contributed by atoms with E-state index in [0.29, 0.717) is 54.5 Å². The zero-order chi connectivity index (χ0) is 22.3. The summed E-state index contributed by atoms with van der Waals surface area (Å²) in [4.78, 5) is 12.7. The zero-order valence-electron chi connectivity index (χ0n) is 18.3. The Morgan fingerprint density at radius 2 is 1.81 bits per heavy atom. The molecule has 0 amide bonds. The van der Waals surface area contributed by atoms with E-state index in [1.807, 2.05) is 31.2 Å². The van der Waals surface area contributed by atoms with Gasteiger partial charge in [0, 0.05) is 26.6 Å². The molecule has 0 unspecified atom stereocenters. The lowest BCUT2D eigenvalue weighted by atomic mass is 9.94. The molecule has 0 spiro atoms. The third kappa shape index (κ3) is 3.85. The van der Waals surface area contributed by atoms with Crippen molar-refractivity contribution in [1.29, 1.82) is 0 Å². The third-order valence-corrected chi connectivity index (χ3v) is 8.34. The van der Waals surface area contributed by atoms with Gasteiger partial charge in [0.05, 0.1) is 17.1 Å². The van der Waals surface area contributed by atoms with Crippen LogP contribution in [0.5, 0.6) is 0 Å². The molecule has 1 aliphatic heterocycles. The monoisotopic (exact) mass is 444 g/mol. The number of hydrogen-bond acceptors (Lipinski definition) is 5. The maximum absolute atomic E-state index is 13.2. The van der Waals surface area contributed by atoms with Gasteiger partial charge in [-0.2, -0.15) is 14.5 Å². The predicted octanol–water partition coefficient (Wildman–Crippen LogP) is 1.86. The second-order valence-electron chi connectivity index (χ2n) is 8.24. The molecule has 1 aliphatic rings. The average Bonchev–Trinajstić information content (AvgIpc) is 3.21. The molecule has 1 aromatic carbocycles. The quantitative estimate of drug-likeness (QED) is 0.647. The van der Waals surface area contributed by atoms with Crippen LogP contribution in [0.25, 0.3) is 5.69 Å². The Kier molecular flexibility index (Phi) is 5.61. The van der Waals surface area contributed by atoms with E-state index in [4.69, 9.17) is 0 Å². The number of aryl methyl sites for hydroxylation is 3. The normalized spacial score (nSPS) is 16.1. The van der Waals surface area contributed by atoms with Crippen molar-refractivity contribution in [2.24, 2.45) is 13.0 Å². The van der Waals surface area contributed by atoms with Gasteiger partial charge < -0.3 is 0 Å². The van der Waals surface area contributed by atoms with E-state index in [1.54, 1.807) is 34.4 Å². The van der Waals surface area contributed by atoms with Crippen LogP contribution in [0.15, 0.2) is 34.0 Å². The number of rotatable bonds is 5. The molecule has 0 radical (unpaired) electrons. The second kappa shape index (κ2) is 8.08. The molecule has 1 saturated heterocycles. The largest absolute Gasteiger partial charge is 0.347 e. The molecule has 1 fully saturated rings. The second-order valence-corrected chi connectivity index (χ2v) is 10.1. The summed E-state index contributed by atoms with van der Waals surface area (Å²) < 4.78 is 31.2. The molecule has 31 heavy (non-hydrogen) atoms. The maximum Gasteiger partial charge on any atom is 0.347 e. The standard InChI is InChI=1S/C21H28N6O3S/c1-14-7-5-6-8-18(14)27-19(22-23-21(27)28)13-17-9-11-26(12-10-17)31(29,30)20-15(2)24-25(4)16(20)3/h5-8,17H,9-13H2,1-4H3,(H,23,28). The summed E-state index contributed by atoms with van der Waals surface area (Å²) in [7, 11) is -1.82. The summed E-state index contributed by atoms with van der Waals surface area (Å²) >= 11 is 0. The predicted molar refractivity (Wildman–Crippen MR) is 117 cm³/mol. The van der Waals surface area contributed by atoms with Crippen molar-refractivity contribution < 1.29 is 8.42 Å². The number of aromatic nitrogens is 5. The minimum Gasteiger partial charge on any atom is -0.271 e. The molecular formula is C21H28N6O3S. The first-order chi connectivity index (χ1) is 14.7. The summed E-state index contributed by atoms with van der Waals surface area (Å²) in [6, 6.07) is 7.70. The molecule has 4 rings (SSSR count). The number of para-hydroxylation sites is 1.